The number of nitrogens with zero attached hydrogens (tertiary/aromatic N) is 6. The quantitative estimate of drug-likeness (QED) is 0.739. The normalized spacial score (nSPS) is 20.7. The molecule has 2 saturated heterocycles. The van der Waals surface area contributed by atoms with Crippen LogP contribution in [0.5, 0.6) is 0 Å². The summed E-state index contributed by atoms with van der Waals surface area (Å²) in [4.78, 5) is 30.0. The van der Waals surface area contributed by atoms with Gasteiger partial charge in [-0.25, -0.2) is 9.97 Å². The first-order chi connectivity index (χ1) is 13.7. The molecule has 0 saturated carbocycles. The number of amides is 1. The topological polar surface area (TPSA) is 76.0 Å². The Bertz CT molecular complexity index is 631. The van der Waals surface area contributed by atoms with E-state index in [1.807, 2.05) is 11.0 Å². The van der Waals surface area contributed by atoms with E-state index in [-0.39, 0.29) is 18.6 Å². The highest BCUT2D eigenvalue weighted by Gasteiger charge is 2.26. The first kappa shape index (κ1) is 20.8. The molecule has 0 bridgehead atoms. The van der Waals surface area contributed by atoms with Crippen molar-refractivity contribution in [3.8, 4) is 0 Å². The number of likely N-dealkylation sites (N-methyl/N-ethyl adjacent to an activating group) is 1. The van der Waals surface area contributed by atoms with Gasteiger partial charge in [-0.3, -0.25) is 9.69 Å². The van der Waals surface area contributed by atoms with Gasteiger partial charge >= 0.3 is 0 Å². The van der Waals surface area contributed by atoms with Crippen molar-refractivity contribution in [2.24, 2.45) is 0 Å². The zero-order chi connectivity index (χ0) is 19.9. The van der Waals surface area contributed by atoms with Crippen molar-refractivity contribution in [3.63, 3.8) is 0 Å². The highest BCUT2D eigenvalue weighted by Crippen LogP contribution is 2.25. The lowest BCUT2D eigenvalue weighted by atomic mass is 10.0. The maximum Gasteiger partial charge on any atom is 0.236 e. The van der Waals surface area contributed by atoms with Gasteiger partial charge in [0.2, 0.25) is 5.91 Å². The van der Waals surface area contributed by atoms with Gasteiger partial charge in [-0.1, -0.05) is 13.8 Å². The van der Waals surface area contributed by atoms with Crippen LogP contribution in [0.2, 0.25) is 0 Å². The van der Waals surface area contributed by atoms with Gasteiger partial charge in [-0.05, 0) is 32.4 Å². The Kier molecular flexibility index (Phi) is 7.44. The highest BCUT2D eigenvalue weighted by atomic mass is 16.3. The molecule has 1 N–H and O–H groups in total. The Morgan fingerprint density at radius 1 is 1.11 bits per heavy atom. The van der Waals surface area contributed by atoms with Crippen molar-refractivity contribution in [1.82, 2.24) is 19.8 Å². The minimum absolute atomic E-state index is 0.144. The number of aromatic nitrogens is 2. The number of carbonyl (C=O) groups excluding carboxylic acids is 1. The van der Waals surface area contributed by atoms with Crippen molar-refractivity contribution >= 4 is 17.5 Å². The molecule has 28 heavy (non-hydrogen) atoms. The molecule has 2 aliphatic rings. The van der Waals surface area contributed by atoms with Gasteiger partial charge in [-0.2, -0.15) is 0 Å². The molecule has 8 heteroatoms. The molecule has 156 valence electrons. The third-order valence-corrected chi connectivity index (χ3v) is 5.98. The monoisotopic (exact) mass is 390 g/mol. The van der Waals surface area contributed by atoms with Crippen molar-refractivity contribution in [3.05, 3.63) is 12.4 Å². The number of hydrogen-bond acceptors (Lipinski definition) is 7. The van der Waals surface area contributed by atoms with E-state index in [9.17, 15) is 9.90 Å². The van der Waals surface area contributed by atoms with E-state index in [0.717, 1.165) is 76.7 Å². The molecular weight excluding hydrogens is 356 g/mol. The van der Waals surface area contributed by atoms with Crippen LogP contribution in [0.25, 0.3) is 0 Å². The maximum atomic E-state index is 12.5. The van der Waals surface area contributed by atoms with E-state index < -0.39 is 0 Å². The first-order valence-corrected chi connectivity index (χ1v) is 10.6. The van der Waals surface area contributed by atoms with Gasteiger partial charge < -0.3 is 19.8 Å². The number of rotatable bonds is 7. The lowest BCUT2D eigenvalue weighted by Gasteiger charge is -2.38. The Labute approximate surface area is 168 Å². The number of anilines is 2. The fourth-order valence-electron chi connectivity index (χ4n) is 4.08. The molecule has 3 heterocycles. The third-order valence-electron chi connectivity index (χ3n) is 5.98. The van der Waals surface area contributed by atoms with Crippen LogP contribution in [0.3, 0.4) is 0 Å². The van der Waals surface area contributed by atoms with Crippen LogP contribution in [-0.2, 0) is 4.79 Å². The van der Waals surface area contributed by atoms with Crippen LogP contribution >= 0.6 is 0 Å². The number of carbonyl (C=O) groups is 1. The Hall–Kier alpha value is -1.93. The highest BCUT2D eigenvalue weighted by molar-refractivity contribution is 5.78. The fraction of sp³-hybridized carbons (Fsp3) is 0.750. The van der Waals surface area contributed by atoms with Crippen molar-refractivity contribution in [2.75, 3.05) is 68.8 Å². The van der Waals surface area contributed by atoms with E-state index in [1.165, 1.54) is 0 Å². The molecule has 2 aliphatic heterocycles. The number of piperazine rings is 1. The molecule has 2 fully saturated rings. The SMILES string of the molecule is CCN(CC)CC(=O)N1CCN(c2cc(N3CCCCC3CO)ncn2)CC1. The molecule has 8 nitrogen and oxygen atoms in total. The number of aliphatic hydroxyl groups excluding tert-OH is 1. The second-order valence-corrected chi connectivity index (χ2v) is 7.59. The van der Waals surface area contributed by atoms with E-state index in [4.69, 9.17) is 0 Å². The molecule has 0 spiro atoms. The van der Waals surface area contributed by atoms with E-state index in [1.54, 1.807) is 6.33 Å². The van der Waals surface area contributed by atoms with Crippen LogP contribution in [0.15, 0.2) is 12.4 Å². The van der Waals surface area contributed by atoms with Crippen LogP contribution in [0.4, 0.5) is 11.6 Å². The predicted octanol–water partition coefficient (Wildman–Crippen LogP) is 0.818. The maximum absolute atomic E-state index is 12.5. The Morgan fingerprint density at radius 3 is 2.50 bits per heavy atom. The molecule has 1 aromatic heterocycles. The van der Waals surface area contributed by atoms with Crippen LogP contribution < -0.4 is 9.80 Å². The zero-order valence-electron chi connectivity index (χ0n) is 17.3. The van der Waals surface area contributed by atoms with E-state index in [2.05, 4.69) is 38.5 Å². The summed E-state index contributed by atoms with van der Waals surface area (Å²) in [5.74, 6) is 2.01. The molecule has 1 atom stereocenters. The molecule has 1 aromatic rings. The van der Waals surface area contributed by atoms with Gasteiger partial charge in [0.15, 0.2) is 0 Å². The summed E-state index contributed by atoms with van der Waals surface area (Å²) in [6.07, 6.45) is 4.90. The Balaban J connectivity index is 1.59. The summed E-state index contributed by atoms with van der Waals surface area (Å²) < 4.78 is 0. The minimum Gasteiger partial charge on any atom is -0.394 e. The molecule has 3 rings (SSSR count). The molecule has 1 unspecified atom stereocenters. The molecule has 0 aromatic carbocycles. The molecular formula is C20H34N6O2. The average Bonchev–Trinajstić information content (AvgIpc) is 2.77. The first-order valence-electron chi connectivity index (χ1n) is 10.6. The molecule has 0 aliphatic carbocycles. The Morgan fingerprint density at radius 2 is 1.82 bits per heavy atom. The zero-order valence-corrected chi connectivity index (χ0v) is 17.3. The van der Waals surface area contributed by atoms with E-state index in [0.29, 0.717) is 6.54 Å². The largest absolute Gasteiger partial charge is 0.394 e. The second kappa shape index (κ2) is 10.0. The summed E-state index contributed by atoms with van der Waals surface area (Å²) in [5, 5.41) is 9.68. The molecule has 0 radical (unpaired) electrons. The van der Waals surface area contributed by atoms with E-state index >= 15 is 0 Å². The van der Waals surface area contributed by atoms with Gasteiger partial charge in [0.25, 0.3) is 0 Å². The summed E-state index contributed by atoms with van der Waals surface area (Å²) in [5.41, 5.74) is 0. The number of aliphatic hydroxyl groups is 1. The van der Waals surface area contributed by atoms with Gasteiger partial charge in [0.05, 0.1) is 19.2 Å². The van der Waals surface area contributed by atoms with Gasteiger partial charge in [0.1, 0.15) is 18.0 Å². The van der Waals surface area contributed by atoms with Crippen LogP contribution in [-0.4, -0.2) is 95.8 Å². The van der Waals surface area contributed by atoms with Gasteiger partial charge in [-0.15, -0.1) is 0 Å². The van der Waals surface area contributed by atoms with Crippen molar-refractivity contribution in [1.29, 1.82) is 0 Å². The van der Waals surface area contributed by atoms with Crippen LogP contribution in [0.1, 0.15) is 33.1 Å². The predicted molar refractivity (Wildman–Crippen MR) is 111 cm³/mol. The fourth-order valence-corrected chi connectivity index (χ4v) is 4.08. The summed E-state index contributed by atoms with van der Waals surface area (Å²) in [7, 11) is 0. The second-order valence-electron chi connectivity index (χ2n) is 7.59. The van der Waals surface area contributed by atoms with Crippen molar-refractivity contribution < 1.29 is 9.90 Å². The average molecular weight is 391 g/mol. The van der Waals surface area contributed by atoms with Crippen LogP contribution in [0, 0.1) is 0 Å². The number of hydrogen-bond donors (Lipinski definition) is 1. The smallest absolute Gasteiger partial charge is 0.236 e. The lowest BCUT2D eigenvalue weighted by Crippen LogP contribution is -2.51. The lowest BCUT2D eigenvalue weighted by molar-refractivity contribution is -0.132. The molecule has 1 amide bonds. The van der Waals surface area contributed by atoms with Crippen molar-refractivity contribution in [2.45, 2.75) is 39.2 Å². The minimum atomic E-state index is 0.144. The number of piperidine rings is 1. The van der Waals surface area contributed by atoms with Gasteiger partial charge in [0, 0.05) is 38.8 Å². The third kappa shape index (κ3) is 4.91. The summed E-state index contributed by atoms with van der Waals surface area (Å²) in [6.45, 7) is 10.6. The summed E-state index contributed by atoms with van der Waals surface area (Å²) in [6, 6.07) is 2.17. The summed E-state index contributed by atoms with van der Waals surface area (Å²) >= 11 is 0. The standard InChI is InChI=1S/C20H34N6O2/c1-3-23(4-2)14-20(28)25-11-9-24(10-12-25)18-13-19(22-16-21-18)26-8-6-5-7-17(26)15-27/h13,16-17,27H,3-12,14-15H2,1-2H3.